The number of aromatic nitrogens is 2. The fourth-order valence-electron chi connectivity index (χ4n) is 4.49. The van der Waals surface area contributed by atoms with Crippen molar-refractivity contribution in [1.82, 2.24) is 14.5 Å². The van der Waals surface area contributed by atoms with Crippen molar-refractivity contribution in [3.8, 4) is 34.0 Å². The van der Waals surface area contributed by atoms with Gasteiger partial charge in [-0.3, -0.25) is 9.40 Å². The molecule has 2 N–H and O–H groups in total. The number of hydrogen-bond donors (Lipinski definition) is 2. The largest absolute Gasteiger partial charge is 0.573 e. The molecule has 0 spiro atoms. The number of hydrogen-bond acceptors (Lipinski definition) is 6. The minimum atomic E-state index is -4.75. The summed E-state index contributed by atoms with van der Waals surface area (Å²) in [6.07, 6.45) is -3.14. The number of fused-ring (bicyclic) bond motifs is 3. The van der Waals surface area contributed by atoms with Crippen molar-refractivity contribution in [2.24, 2.45) is 11.4 Å². The van der Waals surface area contributed by atoms with Gasteiger partial charge < -0.3 is 14.8 Å². The number of halogens is 3. The van der Waals surface area contributed by atoms with Crippen LogP contribution < -0.4 is 19.5 Å². The van der Waals surface area contributed by atoms with E-state index in [1.807, 2.05) is 50.2 Å². The lowest BCUT2D eigenvalue weighted by Crippen LogP contribution is -2.23. The molecule has 2 amide bonds. The van der Waals surface area contributed by atoms with Crippen LogP contribution in [0.3, 0.4) is 0 Å². The van der Waals surface area contributed by atoms with Gasteiger partial charge in [0.05, 0.1) is 17.8 Å². The van der Waals surface area contributed by atoms with Crippen LogP contribution in [0.5, 0.6) is 11.5 Å². The smallest absolute Gasteiger partial charge is 0.488 e. The fraction of sp³-hybridized carbons (Fsp3) is 0.179. The molecule has 2 heterocycles. The SMILES string of the molecule is Cc1cccc(C)c1NC(=O)NSN=Cc1ccc2c(c1)OCc1c-2nn(C)c1-c1ccc(OC(F)(F)F)cc1. The van der Waals surface area contributed by atoms with E-state index in [-0.39, 0.29) is 18.4 Å². The highest BCUT2D eigenvalue weighted by atomic mass is 32.2. The summed E-state index contributed by atoms with van der Waals surface area (Å²) >= 11 is 0.899. The molecule has 0 radical (unpaired) electrons. The number of anilines is 1. The Bertz CT molecular complexity index is 1580. The summed E-state index contributed by atoms with van der Waals surface area (Å²) in [6, 6.07) is 16.6. The molecule has 1 aliphatic rings. The number of amides is 2. The Hall–Kier alpha value is -4.45. The number of urea groups is 1. The first-order chi connectivity index (χ1) is 19.1. The van der Waals surface area contributed by atoms with Gasteiger partial charge in [-0.2, -0.15) is 5.10 Å². The van der Waals surface area contributed by atoms with E-state index in [1.54, 1.807) is 30.1 Å². The number of rotatable bonds is 6. The predicted octanol–water partition coefficient (Wildman–Crippen LogP) is 6.97. The zero-order valence-corrected chi connectivity index (χ0v) is 22.5. The predicted molar refractivity (Wildman–Crippen MR) is 148 cm³/mol. The standard InChI is InChI=1S/C28H24F3N5O3S/c1-16-5-4-6-17(2)24(16)33-27(37)35-40-32-14-18-7-12-21-23(13-18)38-15-22-25(21)34-36(3)26(22)19-8-10-20(11-9-19)39-28(29,30)31/h4-14H,15H2,1-3H3,(H2,33,35,37). The maximum absolute atomic E-state index is 12.5. The zero-order valence-electron chi connectivity index (χ0n) is 21.7. The average Bonchev–Trinajstić information content (AvgIpc) is 3.24. The Morgan fingerprint density at radius 2 is 1.85 bits per heavy atom. The topological polar surface area (TPSA) is 89.8 Å². The first-order valence-electron chi connectivity index (χ1n) is 12.1. The van der Waals surface area contributed by atoms with Gasteiger partial charge in [-0.15, -0.1) is 13.2 Å². The molecule has 1 aromatic heterocycles. The second kappa shape index (κ2) is 11.0. The van der Waals surface area contributed by atoms with E-state index in [0.717, 1.165) is 57.0 Å². The molecule has 5 rings (SSSR count). The number of carbonyl (C=O) groups is 1. The van der Waals surface area contributed by atoms with Gasteiger partial charge in [0.25, 0.3) is 0 Å². The number of ether oxygens (including phenoxy) is 2. The molecule has 12 heteroatoms. The van der Waals surface area contributed by atoms with Gasteiger partial charge in [0.15, 0.2) is 0 Å². The summed E-state index contributed by atoms with van der Waals surface area (Å²) in [5.41, 5.74) is 7.25. The average molecular weight is 568 g/mol. The number of alkyl halides is 3. The van der Waals surface area contributed by atoms with Crippen LogP contribution >= 0.6 is 12.1 Å². The van der Waals surface area contributed by atoms with E-state index in [0.29, 0.717) is 11.3 Å². The van der Waals surface area contributed by atoms with Crippen LogP contribution in [0.1, 0.15) is 22.3 Å². The number of nitrogens with one attached hydrogen (secondary N) is 2. The molecular weight excluding hydrogens is 543 g/mol. The van der Waals surface area contributed by atoms with Crippen LogP contribution in [0.15, 0.2) is 65.1 Å². The summed E-state index contributed by atoms with van der Waals surface area (Å²) in [7, 11) is 1.77. The van der Waals surface area contributed by atoms with Gasteiger partial charge in [-0.05, 0) is 66.9 Å². The molecule has 0 unspecified atom stereocenters. The van der Waals surface area contributed by atoms with Gasteiger partial charge in [-0.1, -0.05) is 24.3 Å². The molecule has 0 bridgehead atoms. The zero-order chi connectivity index (χ0) is 28.4. The van der Waals surface area contributed by atoms with E-state index in [9.17, 15) is 18.0 Å². The van der Waals surface area contributed by atoms with Crippen molar-refractivity contribution in [1.29, 1.82) is 0 Å². The van der Waals surface area contributed by atoms with E-state index in [1.165, 1.54) is 12.1 Å². The minimum absolute atomic E-state index is 0.238. The number of para-hydroxylation sites is 1. The van der Waals surface area contributed by atoms with Gasteiger partial charge >= 0.3 is 12.4 Å². The molecule has 40 heavy (non-hydrogen) atoms. The fourth-order valence-corrected chi connectivity index (χ4v) is 4.85. The first kappa shape index (κ1) is 27.1. The Kier molecular flexibility index (Phi) is 7.44. The van der Waals surface area contributed by atoms with Gasteiger partial charge in [0, 0.05) is 35.6 Å². The lowest BCUT2D eigenvalue weighted by atomic mass is 9.98. The maximum Gasteiger partial charge on any atom is 0.573 e. The number of benzene rings is 3. The van der Waals surface area contributed by atoms with Gasteiger partial charge in [0.1, 0.15) is 23.8 Å². The molecule has 206 valence electrons. The Morgan fingerprint density at radius 3 is 2.55 bits per heavy atom. The molecule has 4 aromatic rings. The lowest BCUT2D eigenvalue weighted by molar-refractivity contribution is -0.274. The third-order valence-corrected chi connectivity index (χ3v) is 6.74. The van der Waals surface area contributed by atoms with Crippen molar-refractivity contribution in [3.63, 3.8) is 0 Å². The van der Waals surface area contributed by atoms with E-state index < -0.39 is 6.36 Å². The van der Waals surface area contributed by atoms with Crippen LogP contribution in [0, 0.1) is 13.8 Å². The molecule has 0 aliphatic carbocycles. The molecule has 1 aliphatic heterocycles. The van der Waals surface area contributed by atoms with Crippen LogP contribution in [0.4, 0.5) is 23.7 Å². The highest BCUT2D eigenvalue weighted by molar-refractivity contribution is 7.96. The normalized spacial score (nSPS) is 12.4. The lowest BCUT2D eigenvalue weighted by Gasteiger charge is -2.18. The highest BCUT2D eigenvalue weighted by Gasteiger charge is 2.31. The molecule has 3 aromatic carbocycles. The molecule has 0 atom stereocenters. The van der Waals surface area contributed by atoms with Crippen molar-refractivity contribution in [2.45, 2.75) is 26.8 Å². The molecule has 0 fully saturated rings. The van der Waals surface area contributed by atoms with Crippen LogP contribution in [0.2, 0.25) is 0 Å². The third-order valence-electron chi connectivity index (χ3n) is 6.25. The number of aryl methyl sites for hydroxylation is 3. The van der Waals surface area contributed by atoms with E-state index >= 15 is 0 Å². The van der Waals surface area contributed by atoms with Crippen LogP contribution in [0.25, 0.3) is 22.5 Å². The Labute approximate surface area is 232 Å². The van der Waals surface area contributed by atoms with Crippen molar-refractivity contribution >= 4 is 30.1 Å². The minimum Gasteiger partial charge on any atom is -0.488 e. The second-order valence-electron chi connectivity index (χ2n) is 9.06. The monoisotopic (exact) mass is 567 g/mol. The molecular formula is C28H24F3N5O3S. The maximum atomic E-state index is 12.5. The molecule has 0 saturated carbocycles. The third kappa shape index (κ3) is 5.91. The summed E-state index contributed by atoms with van der Waals surface area (Å²) in [5.74, 6) is 0.333. The quantitative estimate of drug-likeness (QED) is 0.194. The van der Waals surface area contributed by atoms with Crippen molar-refractivity contribution in [3.05, 3.63) is 82.9 Å². The van der Waals surface area contributed by atoms with Gasteiger partial charge in [0.2, 0.25) is 0 Å². The first-order valence-corrected chi connectivity index (χ1v) is 12.9. The van der Waals surface area contributed by atoms with Crippen LogP contribution in [-0.4, -0.2) is 28.4 Å². The van der Waals surface area contributed by atoms with E-state index in [4.69, 9.17) is 4.74 Å². The van der Waals surface area contributed by atoms with E-state index in [2.05, 4.69) is 24.3 Å². The van der Waals surface area contributed by atoms with Crippen molar-refractivity contribution in [2.75, 3.05) is 5.32 Å². The Balaban J connectivity index is 1.26. The van der Waals surface area contributed by atoms with Gasteiger partial charge in [-0.25, -0.2) is 9.19 Å². The summed E-state index contributed by atoms with van der Waals surface area (Å²) in [4.78, 5) is 12.2. The summed E-state index contributed by atoms with van der Waals surface area (Å²) in [6.45, 7) is 4.09. The van der Waals surface area contributed by atoms with Crippen molar-refractivity contribution < 1.29 is 27.4 Å². The summed E-state index contributed by atoms with van der Waals surface area (Å²) in [5, 5.41) is 7.49. The number of nitrogens with zero attached hydrogens (tertiary/aromatic N) is 3. The molecule has 8 nitrogen and oxygen atoms in total. The van der Waals surface area contributed by atoms with Crippen LogP contribution in [-0.2, 0) is 13.7 Å². The summed E-state index contributed by atoms with van der Waals surface area (Å²) < 4.78 is 56.0. The highest BCUT2D eigenvalue weighted by Crippen LogP contribution is 2.41. The Morgan fingerprint density at radius 1 is 1.12 bits per heavy atom. The number of carbonyl (C=O) groups excluding carboxylic acids is 1. The molecule has 0 saturated heterocycles. The second-order valence-corrected chi connectivity index (χ2v) is 9.66.